The second-order valence-corrected chi connectivity index (χ2v) is 4.42. The number of hydrogen-bond donors (Lipinski definition) is 1. The zero-order valence-electron chi connectivity index (χ0n) is 8.23. The Labute approximate surface area is 83.7 Å². The summed E-state index contributed by atoms with van der Waals surface area (Å²) in [5.74, 6) is 3.00. The van der Waals surface area contributed by atoms with E-state index in [1.54, 1.807) is 6.20 Å². The molecule has 0 amide bonds. The highest BCUT2D eigenvalue weighted by Crippen LogP contribution is 2.16. The number of nitrogens with zero attached hydrogens (tertiary/aromatic N) is 2. The molecule has 1 heterocycles. The molecule has 0 aliphatic carbocycles. The molecule has 13 heavy (non-hydrogen) atoms. The van der Waals surface area contributed by atoms with Gasteiger partial charge in [0.1, 0.15) is 0 Å². The quantitative estimate of drug-likeness (QED) is 0.739. The Morgan fingerprint density at radius 3 is 3.00 bits per heavy atom. The SMILES string of the molecule is CCSCCC(C)n1ccnc1N. The fourth-order valence-corrected chi connectivity index (χ4v) is 2.03. The van der Waals surface area contributed by atoms with Crippen LogP contribution in [0.1, 0.15) is 26.3 Å². The molecule has 0 radical (unpaired) electrons. The molecule has 1 aromatic rings. The lowest BCUT2D eigenvalue weighted by Crippen LogP contribution is -2.08. The topological polar surface area (TPSA) is 43.8 Å². The molecule has 0 spiro atoms. The highest BCUT2D eigenvalue weighted by atomic mass is 32.2. The van der Waals surface area contributed by atoms with Crippen molar-refractivity contribution in [2.75, 3.05) is 17.2 Å². The zero-order valence-corrected chi connectivity index (χ0v) is 9.05. The van der Waals surface area contributed by atoms with Crippen LogP contribution in [0.25, 0.3) is 0 Å². The normalized spacial score (nSPS) is 13.1. The van der Waals surface area contributed by atoms with Gasteiger partial charge in [-0.2, -0.15) is 11.8 Å². The van der Waals surface area contributed by atoms with Crippen LogP contribution in [0.2, 0.25) is 0 Å². The summed E-state index contributed by atoms with van der Waals surface area (Å²) in [7, 11) is 0. The van der Waals surface area contributed by atoms with Crippen molar-refractivity contribution < 1.29 is 0 Å². The highest BCUT2D eigenvalue weighted by Gasteiger charge is 2.06. The molecule has 0 aliphatic rings. The van der Waals surface area contributed by atoms with E-state index in [0.717, 1.165) is 6.42 Å². The average Bonchev–Trinajstić information content (AvgIpc) is 2.52. The molecule has 0 fully saturated rings. The molecule has 1 atom stereocenters. The van der Waals surface area contributed by atoms with Gasteiger partial charge in [-0.1, -0.05) is 6.92 Å². The van der Waals surface area contributed by atoms with Gasteiger partial charge in [-0.05, 0) is 24.9 Å². The summed E-state index contributed by atoms with van der Waals surface area (Å²) in [6.45, 7) is 4.36. The maximum Gasteiger partial charge on any atom is 0.200 e. The monoisotopic (exact) mass is 199 g/mol. The highest BCUT2D eigenvalue weighted by molar-refractivity contribution is 7.99. The second-order valence-electron chi connectivity index (χ2n) is 3.03. The molecule has 2 N–H and O–H groups in total. The third-order valence-electron chi connectivity index (χ3n) is 2.06. The minimum atomic E-state index is 0.460. The van der Waals surface area contributed by atoms with E-state index in [-0.39, 0.29) is 0 Å². The van der Waals surface area contributed by atoms with E-state index >= 15 is 0 Å². The van der Waals surface area contributed by atoms with Crippen LogP contribution in [-0.4, -0.2) is 21.1 Å². The Balaban J connectivity index is 2.39. The second kappa shape index (κ2) is 5.17. The van der Waals surface area contributed by atoms with Gasteiger partial charge in [0.2, 0.25) is 0 Å². The number of imidazole rings is 1. The lowest BCUT2D eigenvalue weighted by atomic mass is 10.2. The van der Waals surface area contributed by atoms with Crippen molar-refractivity contribution in [3.8, 4) is 0 Å². The first kappa shape index (κ1) is 10.4. The number of anilines is 1. The van der Waals surface area contributed by atoms with Gasteiger partial charge in [0.05, 0.1) is 0 Å². The summed E-state index contributed by atoms with van der Waals surface area (Å²) < 4.78 is 2.02. The van der Waals surface area contributed by atoms with Gasteiger partial charge in [0.15, 0.2) is 5.95 Å². The summed E-state index contributed by atoms with van der Waals surface area (Å²) in [4.78, 5) is 4.00. The van der Waals surface area contributed by atoms with Crippen molar-refractivity contribution in [2.45, 2.75) is 26.3 Å². The van der Waals surface area contributed by atoms with Gasteiger partial charge < -0.3 is 10.3 Å². The predicted octanol–water partition coefficient (Wildman–Crippen LogP) is 2.17. The van der Waals surface area contributed by atoms with Crippen LogP contribution in [0.3, 0.4) is 0 Å². The van der Waals surface area contributed by atoms with E-state index < -0.39 is 0 Å². The van der Waals surface area contributed by atoms with Crippen LogP contribution in [0.15, 0.2) is 12.4 Å². The van der Waals surface area contributed by atoms with Crippen molar-refractivity contribution in [2.24, 2.45) is 0 Å². The van der Waals surface area contributed by atoms with E-state index in [1.165, 1.54) is 11.5 Å². The number of thioether (sulfide) groups is 1. The van der Waals surface area contributed by atoms with Crippen LogP contribution in [0, 0.1) is 0 Å². The van der Waals surface area contributed by atoms with Gasteiger partial charge in [0.25, 0.3) is 0 Å². The molecule has 4 heteroatoms. The van der Waals surface area contributed by atoms with Crippen molar-refractivity contribution >= 4 is 17.7 Å². The van der Waals surface area contributed by atoms with E-state index in [4.69, 9.17) is 5.73 Å². The molecule has 0 bridgehead atoms. The van der Waals surface area contributed by atoms with Crippen molar-refractivity contribution in [1.29, 1.82) is 0 Å². The van der Waals surface area contributed by atoms with E-state index in [0.29, 0.717) is 12.0 Å². The summed E-state index contributed by atoms with van der Waals surface area (Å²) >= 11 is 1.97. The maximum absolute atomic E-state index is 5.69. The molecule has 0 saturated carbocycles. The minimum absolute atomic E-state index is 0.460. The number of nitrogens with two attached hydrogens (primary N) is 1. The standard InChI is InChI=1S/C9H17N3S/c1-3-13-7-4-8(2)12-6-5-11-9(12)10/h5-6,8H,3-4,7H2,1-2H3,(H2,10,11). The fourth-order valence-electron chi connectivity index (χ4n) is 1.23. The summed E-state index contributed by atoms with van der Waals surface area (Å²) in [5.41, 5.74) is 5.69. The van der Waals surface area contributed by atoms with Gasteiger partial charge in [0, 0.05) is 18.4 Å². The lowest BCUT2D eigenvalue weighted by Gasteiger charge is -2.13. The Morgan fingerprint density at radius 1 is 1.69 bits per heavy atom. The smallest absolute Gasteiger partial charge is 0.200 e. The number of aromatic nitrogens is 2. The molecule has 1 aromatic heterocycles. The molecule has 0 aliphatic heterocycles. The van der Waals surface area contributed by atoms with Gasteiger partial charge >= 0.3 is 0 Å². The van der Waals surface area contributed by atoms with Crippen LogP contribution in [-0.2, 0) is 0 Å². The van der Waals surface area contributed by atoms with Crippen LogP contribution >= 0.6 is 11.8 Å². The lowest BCUT2D eigenvalue weighted by molar-refractivity contribution is 0.542. The first-order valence-corrected chi connectivity index (χ1v) is 5.77. The Hall–Kier alpha value is -0.640. The summed E-state index contributed by atoms with van der Waals surface area (Å²) in [6.07, 6.45) is 4.84. The molecule has 3 nitrogen and oxygen atoms in total. The van der Waals surface area contributed by atoms with Gasteiger partial charge in [-0.3, -0.25) is 0 Å². The van der Waals surface area contributed by atoms with Crippen LogP contribution in [0.5, 0.6) is 0 Å². The third kappa shape index (κ3) is 2.95. The number of rotatable bonds is 5. The van der Waals surface area contributed by atoms with E-state index in [2.05, 4.69) is 18.8 Å². The maximum atomic E-state index is 5.69. The minimum Gasteiger partial charge on any atom is -0.369 e. The summed E-state index contributed by atoms with van der Waals surface area (Å²) in [5, 5.41) is 0. The Kier molecular flexibility index (Phi) is 4.15. The molecular formula is C9H17N3S. The third-order valence-corrected chi connectivity index (χ3v) is 2.99. The largest absolute Gasteiger partial charge is 0.369 e. The molecule has 1 rings (SSSR count). The summed E-state index contributed by atoms with van der Waals surface area (Å²) in [6, 6.07) is 0.460. The van der Waals surface area contributed by atoms with Crippen LogP contribution < -0.4 is 5.73 Å². The van der Waals surface area contributed by atoms with Crippen molar-refractivity contribution in [1.82, 2.24) is 9.55 Å². The van der Waals surface area contributed by atoms with E-state index in [9.17, 15) is 0 Å². The molecule has 74 valence electrons. The Morgan fingerprint density at radius 2 is 2.46 bits per heavy atom. The molecule has 0 saturated heterocycles. The van der Waals surface area contributed by atoms with Gasteiger partial charge in [-0.15, -0.1) is 0 Å². The Bertz CT molecular complexity index is 247. The number of nitrogen functional groups attached to an aromatic ring is 1. The van der Waals surface area contributed by atoms with Crippen molar-refractivity contribution in [3.05, 3.63) is 12.4 Å². The molecule has 0 aromatic carbocycles. The number of hydrogen-bond acceptors (Lipinski definition) is 3. The first-order chi connectivity index (χ1) is 6.25. The molecule has 1 unspecified atom stereocenters. The first-order valence-electron chi connectivity index (χ1n) is 4.61. The molecular weight excluding hydrogens is 182 g/mol. The fraction of sp³-hybridized carbons (Fsp3) is 0.667. The van der Waals surface area contributed by atoms with E-state index in [1.807, 2.05) is 22.5 Å². The zero-order chi connectivity index (χ0) is 9.68. The predicted molar refractivity (Wildman–Crippen MR) is 59.0 cm³/mol. The average molecular weight is 199 g/mol. The van der Waals surface area contributed by atoms with Crippen molar-refractivity contribution in [3.63, 3.8) is 0 Å². The van der Waals surface area contributed by atoms with Gasteiger partial charge in [-0.25, -0.2) is 4.98 Å². The van der Waals surface area contributed by atoms with Crippen LogP contribution in [0.4, 0.5) is 5.95 Å².